The summed E-state index contributed by atoms with van der Waals surface area (Å²) in [5.41, 5.74) is 6.09. The monoisotopic (exact) mass is 270 g/mol. The third-order valence-corrected chi connectivity index (χ3v) is 3.81. The van der Waals surface area contributed by atoms with Crippen LogP contribution in [0.4, 0.5) is 0 Å². The van der Waals surface area contributed by atoms with Crippen molar-refractivity contribution < 1.29 is 4.79 Å². The molecule has 1 amide bonds. The van der Waals surface area contributed by atoms with Crippen LogP contribution in [-0.2, 0) is 4.79 Å². The highest BCUT2D eigenvalue weighted by atomic mass is 16.2. The first-order chi connectivity index (χ1) is 8.79. The minimum absolute atomic E-state index is 0.135. The molecule has 3 nitrogen and oxygen atoms in total. The topological polar surface area (TPSA) is 46.3 Å². The molecule has 3 heteroatoms. The van der Waals surface area contributed by atoms with Gasteiger partial charge in [0, 0.05) is 13.1 Å². The van der Waals surface area contributed by atoms with Crippen molar-refractivity contribution >= 4 is 5.91 Å². The van der Waals surface area contributed by atoms with Gasteiger partial charge in [-0.1, -0.05) is 48.0 Å². The molecule has 0 heterocycles. The maximum atomic E-state index is 12.5. The smallest absolute Gasteiger partial charge is 0.239 e. The highest BCUT2D eigenvalue weighted by molar-refractivity contribution is 5.81. The van der Waals surface area contributed by atoms with E-state index in [1.165, 1.54) is 0 Å². The molecule has 0 unspecified atom stereocenters. The lowest BCUT2D eigenvalue weighted by Crippen LogP contribution is -2.48. The van der Waals surface area contributed by atoms with E-state index in [-0.39, 0.29) is 17.9 Å². The second-order valence-electron chi connectivity index (χ2n) is 6.60. The van der Waals surface area contributed by atoms with Crippen LogP contribution in [0.2, 0.25) is 0 Å². The molecule has 0 radical (unpaired) electrons. The van der Waals surface area contributed by atoms with Crippen molar-refractivity contribution in [3.05, 3.63) is 0 Å². The van der Waals surface area contributed by atoms with Crippen molar-refractivity contribution in [2.45, 2.75) is 66.8 Å². The zero-order chi connectivity index (χ0) is 15.0. The fraction of sp³-hybridized carbons (Fsp3) is 0.938. The molecule has 2 atom stereocenters. The Morgan fingerprint density at radius 2 is 1.42 bits per heavy atom. The summed E-state index contributed by atoms with van der Waals surface area (Å²) in [4.78, 5) is 14.5. The molecule has 0 saturated carbocycles. The fourth-order valence-electron chi connectivity index (χ4n) is 1.87. The number of hydrogen-bond donors (Lipinski definition) is 1. The van der Waals surface area contributed by atoms with Crippen LogP contribution in [0.5, 0.6) is 0 Å². The first-order valence-corrected chi connectivity index (χ1v) is 7.83. The average molecular weight is 270 g/mol. The minimum atomic E-state index is -0.343. The van der Waals surface area contributed by atoms with Crippen LogP contribution in [0.1, 0.15) is 60.8 Å². The second-order valence-corrected chi connectivity index (χ2v) is 6.60. The van der Waals surface area contributed by atoms with Crippen molar-refractivity contribution in [2.24, 2.45) is 23.5 Å². The van der Waals surface area contributed by atoms with Crippen molar-refractivity contribution in [1.29, 1.82) is 0 Å². The van der Waals surface area contributed by atoms with Crippen LogP contribution in [0.3, 0.4) is 0 Å². The Labute approximate surface area is 119 Å². The van der Waals surface area contributed by atoms with Gasteiger partial charge in [-0.25, -0.2) is 0 Å². The lowest BCUT2D eigenvalue weighted by atomic mass is 9.98. The Bertz CT molecular complexity index is 239. The molecule has 0 aliphatic carbocycles. The summed E-state index contributed by atoms with van der Waals surface area (Å²) in [6, 6.07) is -0.343. The zero-order valence-corrected chi connectivity index (χ0v) is 13.8. The van der Waals surface area contributed by atoms with Crippen LogP contribution < -0.4 is 5.73 Å². The molecule has 0 aliphatic rings. The lowest BCUT2D eigenvalue weighted by Gasteiger charge is -2.29. The molecule has 0 aromatic carbocycles. The van der Waals surface area contributed by atoms with E-state index in [9.17, 15) is 4.79 Å². The van der Waals surface area contributed by atoms with Gasteiger partial charge in [0.2, 0.25) is 5.91 Å². The van der Waals surface area contributed by atoms with Crippen LogP contribution in [0.15, 0.2) is 0 Å². The molecule has 0 aromatic heterocycles. The van der Waals surface area contributed by atoms with Crippen molar-refractivity contribution in [1.82, 2.24) is 4.90 Å². The van der Waals surface area contributed by atoms with Gasteiger partial charge in [0.1, 0.15) is 0 Å². The van der Waals surface area contributed by atoms with Gasteiger partial charge >= 0.3 is 0 Å². The zero-order valence-electron chi connectivity index (χ0n) is 13.8. The summed E-state index contributed by atoms with van der Waals surface area (Å²) in [6.07, 6.45) is 3.06. The standard InChI is InChI=1S/C16H34N2O/c1-7-14(6)15(17)16(19)18(10-8-12(2)3)11-9-13(4)5/h12-15H,7-11,17H2,1-6H3/t14-,15-/m0/s1. The molecular formula is C16H34N2O. The third kappa shape index (κ3) is 7.56. The summed E-state index contributed by atoms with van der Waals surface area (Å²) in [6.45, 7) is 14.6. The van der Waals surface area contributed by atoms with Gasteiger partial charge in [0.05, 0.1) is 6.04 Å². The molecule has 0 spiro atoms. The van der Waals surface area contributed by atoms with E-state index in [4.69, 9.17) is 5.73 Å². The summed E-state index contributed by atoms with van der Waals surface area (Å²) in [7, 11) is 0. The molecule has 19 heavy (non-hydrogen) atoms. The van der Waals surface area contributed by atoms with Gasteiger partial charge in [-0.3, -0.25) is 4.79 Å². The molecular weight excluding hydrogens is 236 g/mol. The number of rotatable bonds is 9. The van der Waals surface area contributed by atoms with E-state index < -0.39 is 0 Å². The van der Waals surface area contributed by atoms with E-state index in [0.29, 0.717) is 11.8 Å². The Morgan fingerprint density at radius 1 is 1.00 bits per heavy atom. The normalized spacial score (nSPS) is 14.8. The number of carbonyl (C=O) groups is 1. The molecule has 0 bridgehead atoms. The Hall–Kier alpha value is -0.570. The Morgan fingerprint density at radius 3 is 1.74 bits per heavy atom. The lowest BCUT2D eigenvalue weighted by molar-refractivity contribution is -0.134. The van der Waals surface area contributed by atoms with E-state index >= 15 is 0 Å². The van der Waals surface area contributed by atoms with Crippen molar-refractivity contribution in [3.63, 3.8) is 0 Å². The van der Waals surface area contributed by atoms with Gasteiger partial charge in [-0.05, 0) is 30.6 Å². The minimum Gasteiger partial charge on any atom is -0.341 e. The number of nitrogens with zero attached hydrogens (tertiary/aromatic N) is 1. The molecule has 0 aliphatic heterocycles. The van der Waals surface area contributed by atoms with Gasteiger partial charge < -0.3 is 10.6 Å². The summed E-state index contributed by atoms with van der Waals surface area (Å²) >= 11 is 0. The van der Waals surface area contributed by atoms with Crippen LogP contribution in [0, 0.1) is 17.8 Å². The second kappa shape index (κ2) is 9.35. The fourth-order valence-corrected chi connectivity index (χ4v) is 1.87. The van der Waals surface area contributed by atoms with E-state index in [0.717, 1.165) is 32.4 Å². The molecule has 0 saturated heterocycles. The molecule has 0 rings (SSSR count). The van der Waals surface area contributed by atoms with E-state index in [1.807, 2.05) is 4.90 Å². The largest absolute Gasteiger partial charge is 0.341 e. The van der Waals surface area contributed by atoms with Gasteiger partial charge in [-0.2, -0.15) is 0 Å². The maximum absolute atomic E-state index is 12.5. The molecule has 0 fully saturated rings. The molecule has 2 N–H and O–H groups in total. The first-order valence-electron chi connectivity index (χ1n) is 7.83. The average Bonchev–Trinajstić information content (AvgIpc) is 2.35. The predicted octanol–water partition coefficient (Wildman–Crippen LogP) is 3.28. The van der Waals surface area contributed by atoms with Crippen molar-refractivity contribution in [2.75, 3.05) is 13.1 Å². The SMILES string of the molecule is CC[C@H](C)[C@H](N)C(=O)N(CCC(C)C)CCC(C)C. The van der Waals surface area contributed by atoms with Gasteiger partial charge in [-0.15, -0.1) is 0 Å². The van der Waals surface area contributed by atoms with Crippen LogP contribution in [0.25, 0.3) is 0 Å². The number of amides is 1. The molecule has 114 valence electrons. The maximum Gasteiger partial charge on any atom is 0.239 e. The quantitative estimate of drug-likeness (QED) is 0.699. The van der Waals surface area contributed by atoms with Gasteiger partial charge in [0.15, 0.2) is 0 Å². The summed E-state index contributed by atoms with van der Waals surface area (Å²) in [5.74, 6) is 1.63. The van der Waals surface area contributed by atoms with E-state index in [1.54, 1.807) is 0 Å². The highest BCUT2D eigenvalue weighted by Crippen LogP contribution is 2.12. The van der Waals surface area contributed by atoms with Crippen LogP contribution in [-0.4, -0.2) is 29.9 Å². The van der Waals surface area contributed by atoms with Crippen molar-refractivity contribution in [3.8, 4) is 0 Å². The highest BCUT2D eigenvalue weighted by Gasteiger charge is 2.24. The summed E-state index contributed by atoms with van der Waals surface area (Å²) < 4.78 is 0. The number of nitrogens with two attached hydrogens (primary N) is 1. The van der Waals surface area contributed by atoms with Gasteiger partial charge in [0.25, 0.3) is 0 Å². The Kier molecular flexibility index (Phi) is 9.07. The summed E-state index contributed by atoms with van der Waals surface area (Å²) in [5, 5.41) is 0. The first kappa shape index (κ1) is 18.4. The molecule has 0 aromatic rings. The predicted molar refractivity (Wildman–Crippen MR) is 82.9 cm³/mol. The number of carbonyl (C=O) groups excluding carboxylic acids is 1. The van der Waals surface area contributed by atoms with Crippen LogP contribution >= 0.6 is 0 Å². The third-order valence-electron chi connectivity index (χ3n) is 3.81. The number of hydrogen-bond acceptors (Lipinski definition) is 2. The van der Waals surface area contributed by atoms with E-state index in [2.05, 4.69) is 41.5 Å². The Balaban J connectivity index is 4.56.